The number of thiol groups is 1. The zero-order chi connectivity index (χ0) is 18.1. The molecule has 7 nitrogen and oxygen atoms in total. The van der Waals surface area contributed by atoms with Crippen molar-refractivity contribution in [2.75, 3.05) is 0 Å². The lowest BCUT2D eigenvalue weighted by atomic mass is 10.2. The van der Waals surface area contributed by atoms with Crippen LogP contribution < -0.4 is 0 Å². The molecule has 1 atom stereocenters. The van der Waals surface area contributed by atoms with E-state index in [9.17, 15) is 0 Å². The quantitative estimate of drug-likeness (QED) is 0.527. The lowest BCUT2D eigenvalue weighted by Gasteiger charge is -2.09. The van der Waals surface area contributed by atoms with Crippen molar-refractivity contribution in [1.82, 2.24) is 29.9 Å². The minimum atomic E-state index is -0.434. The van der Waals surface area contributed by atoms with E-state index in [0.29, 0.717) is 17.5 Å². The van der Waals surface area contributed by atoms with Crippen LogP contribution in [0.3, 0.4) is 0 Å². The average molecular weight is 384 g/mol. The van der Waals surface area contributed by atoms with Crippen LogP contribution in [0.5, 0.6) is 0 Å². The summed E-state index contributed by atoms with van der Waals surface area (Å²) in [4.78, 5) is 9.73. The molecule has 132 valence electrons. The third-order valence-electron chi connectivity index (χ3n) is 3.91. The normalized spacial score (nSPS) is 12.4. The van der Waals surface area contributed by atoms with Crippen LogP contribution in [0.4, 0.5) is 0 Å². The molecule has 0 aliphatic heterocycles. The van der Waals surface area contributed by atoms with E-state index in [-0.39, 0.29) is 0 Å². The Morgan fingerprint density at radius 3 is 2.92 bits per heavy atom. The molecule has 0 amide bonds. The van der Waals surface area contributed by atoms with Gasteiger partial charge < -0.3 is 9.09 Å². The van der Waals surface area contributed by atoms with Gasteiger partial charge in [0.1, 0.15) is 5.25 Å². The summed E-state index contributed by atoms with van der Waals surface area (Å²) in [6.45, 7) is 4.69. The molecule has 0 radical (unpaired) electrons. The van der Waals surface area contributed by atoms with E-state index in [1.165, 1.54) is 0 Å². The molecule has 0 bridgehead atoms. The maximum atomic E-state index is 5.41. The van der Waals surface area contributed by atoms with E-state index in [1.807, 2.05) is 48.1 Å². The highest BCUT2D eigenvalue weighted by Crippen LogP contribution is 2.31. The first-order valence-corrected chi connectivity index (χ1v) is 9.48. The van der Waals surface area contributed by atoms with Crippen LogP contribution in [-0.2, 0) is 6.54 Å². The fraction of sp³-hybridized carbons (Fsp3) is 0.235. The second-order valence-corrected chi connectivity index (χ2v) is 7.11. The minimum absolute atomic E-state index is 0.434. The second-order valence-electron chi connectivity index (χ2n) is 5.65. The largest absolute Gasteiger partial charge is 0.334 e. The zero-order valence-corrected chi connectivity index (χ0v) is 15.9. The molecule has 9 heteroatoms. The summed E-state index contributed by atoms with van der Waals surface area (Å²) in [6, 6.07) is 7.75. The van der Waals surface area contributed by atoms with Crippen molar-refractivity contribution in [3.05, 3.63) is 53.2 Å². The first kappa shape index (κ1) is 16.9. The Labute approximate surface area is 159 Å². The Morgan fingerprint density at radius 2 is 2.19 bits per heavy atom. The number of thiophene rings is 1. The molecular weight excluding hydrogens is 368 g/mol. The smallest absolute Gasteiger partial charge is 0.258 e. The van der Waals surface area contributed by atoms with Crippen molar-refractivity contribution in [1.29, 1.82) is 0 Å². The van der Waals surface area contributed by atoms with Crippen molar-refractivity contribution < 1.29 is 4.52 Å². The lowest BCUT2D eigenvalue weighted by Crippen LogP contribution is -2.07. The van der Waals surface area contributed by atoms with Gasteiger partial charge in [0.05, 0.1) is 4.88 Å². The molecule has 1 unspecified atom stereocenters. The molecule has 4 aromatic rings. The van der Waals surface area contributed by atoms with Gasteiger partial charge in [-0.25, -0.2) is 0 Å². The summed E-state index contributed by atoms with van der Waals surface area (Å²) in [5.41, 5.74) is 1.71. The maximum Gasteiger partial charge on any atom is 0.258 e. The van der Waals surface area contributed by atoms with Crippen molar-refractivity contribution in [2.45, 2.75) is 25.6 Å². The molecule has 0 saturated heterocycles. The van der Waals surface area contributed by atoms with Crippen LogP contribution in [0, 0.1) is 6.92 Å². The third kappa shape index (κ3) is 3.04. The van der Waals surface area contributed by atoms with Gasteiger partial charge in [-0.1, -0.05) is 11.2 Å². The summed E-state index contributed by atoms with van der Waals surface area (Å²) >= 11 is 6.30. The van der Waals surface area contributed by atoms with Gasteiger partial charge in [0.2, 0.25) is 0 Å². The molecule has 4 rings (SSSR count). The number of pyridine rings is 1. The van der Waals surface area contributed by atoms with Crippen molar-refractivity contribution in [3.8, 4) is 22.2 Å². The number of hydrogen-bond acceptors (Lipinski definition) is 8. The van der Waals surface area contributed by atoms with Crippen molar-refractivity contribution >= 4 is 24.0 Å². The van der Waals surface area contributed by atoms with E-state index in [2.05, 4.69) is 38.0 Å². The maximum absolute atomic E-state index is 5.41. The standard InChI is InChI=1S/C17H16N6OS2/c1-3-23-15(12-5-4-8-26-12)20-21-16(23)13(25)14-19-17(24-22-14)11-6-7-18-10(2)9-11/h4-9,13,25H,3H2,1-2H3. The van der Waals surface area contributed by atoms with Gasteiger partial charge in [-0.3, -0.25) is 4.98 Å². The third-order valence-corrected chi connectivity index (χ3v) is 5.24. The van der Waals surface area contributed by atoms with Gasteiger partial charge in [0.15, 0.2) is 17.5 Å². The number of rotatable bonds is 5. The molecule has 26 heavy (non-hydrogen) atoms. The van der Waals surface area contributed by atoms with Gasteiger partial charge in [0, 0.05) is 24.0 Å². The topological polar surface area (TPSA) is 82.5 Å². The lowest BCUT2D eigenvalue weighted by molar-refractivity contribution is 0.422. The summed E-state index contributed by atoms with van der Waals surface area (Å²) in [6.07, 6.45) is 1.72. The Kier molecular flexibility index (Phi) is 4.56. The van der Waals surface area contributed by atoms with E-state index in [4.69, 9.17) is 4.52 Å². The molecule has 4 aromatic heterocycles. The molecule has 0 aliphatic rings. The van der Waals surface area contributed by atoms with Crippen LogP contribution >= 0.6 is 24.0 Å². The first-order valence-electron chi connectivity index (χ1n) is 8.09. The molecule has 0 aliphatic carbocycles. The van der Waals surface area contributed by atoms with E-state index in [1.54, 1.807) is 17.5 Å². The minimum Gasteiger partial charge on any atom is -0.334 e. The van der Waals surface area contributed by atoms with Crippen LogP contribution in [0.2, 0.25) is 0 Å². The Balaban J connectivity index is 1.68. The van der Waals surface area contributed by atoms with Crippen molar-refractivity contribution in [2.24, 2.45) is 0 Å². The van der Waals surface area contributed by atoms with E-state index >= 15 is 0 Å². The monoisotopic (exact) mass is 384 g/mol. The molecule has 0 N–H and O–H groups in total. The van der Waals surface area contributed by atoms with Gasteiger partial charge in [-0.05, 0) is 37.4 Å². The van der Waals surface area contributed by atoms with E-state index in [0.717, 1.165) is 28.5 Å². The molecular formula is C17H16N6OS2. The average Bonchev–Trinajstić information content (AvgIpc) is 3.40. The Morgan fingerprint density at radius 1 is 1.31 bits per heavy atom. The zero-order valence-electron chi connectivity index (χ0n) is 14.2. The molecule has 0 spiro atoms. The van der Waals surface area contributed by atoms with Crippen LogP contribution in [0.1, 0.15) is 29.5 Å². The molecule has 0 fully saturated rings. The Bertz CT molecular complexity index is 1020. The fourth-order valence-electron chi connectivity index (χ4n) is 2.67. The summed E-state index contributed by atoms with van der Waals surface area (Å²) in [7, 11) is 0. The predicted octanol–water partition coefficient (Wildman–Crippen LogP) is 3.80. The highest BCUT2D eigenvalue weighted by atomic mass is 32.1. The van der Waals surface area contributed by atoms with Crippen LogP contribution in [-0.4, -0.2) is 29.9 Å². The number of aryl methyl sites for hydroxylation is 1. The molecule has 4 heterocycles. The highest BCUT2D eigenvalue weighted by Gasteiger charge is 2.25. The Hall–Kier alpha value is -2.52. The molecule has 0 saturated carbocycles. The first-order chi connectivity index (χ1) is 12.7. The highest BCUT2D eigenvalue weighted by molar-refractivity contribution is 7.80. The predicted molar refractivity (Wildman–Crippen MR) is 102 cm³/mol. The summed E-state index contributed by atoms with van der Waals surface area (Å²) in [5.74, 6) is 2.41. The molecule has 0 aromatic carbocycles. The second kappa shape index (κ2) is 7.00. The van der Waals surface area contributed by atoms with Gasteiger partial charge in [-0.15, -0.1) is 21.5 Å². The van der Waals surface area contributed by atoms with E-state index < -0.39 is 5.25 Å². The number of aromatic nitrogens is 6. The van der Waals surface area contributed by atoms with Gasteiger partial charge in [-0.2, -0.15) is 17.6 Å². The SMILES string of the molecule is CCn1c(-c2cccs2)nnc1C(S)c1noc(-c2ccnc(C)c2)n1. The van der Waals surface area contributed by atoms with Gasteiger partial charge in [0.25, 0.3) is 5.89 Å². The van der Waals surface area contributed by atoms with Gasteiger partial charge >= 0.3 is 0 Å². The van der Waals surface area contributed by atoms with Crippen LogP contribution in [0.25, 0.3) is 22.2 Å². The van der Waals surface area contributed by atoms with Crippen LogP contribution in [0.15, 0.2) is 40.4 Å². The fourth-order valence-corrected chi connectivity index (χ4v) is 3.69. The summed E-state index contributed by atoms with van der Waals surface area (Å²) in [5, 5.41) is 14.3. The number of hydrogen-bond donors (Lipinski definition) is 1. The number of nitrogens with zero attached hydrogens (tertiary/aromatic N) is 6. The summed E-state index contributed by atoms with van der Waals surface area (Å²) < 4.78 is 7.43. The van der Waals surface area contributed by atoms with Crippen molar-refractivity contribution in [3.63, 3.8) is 0 Å².